The maximum absolute atomic E-state index is 5.49. The van der Waals surface area contributed by atoms with Crippen molar-refractivity contribution in [3.8, 4) is 5.75 Å². The summed E-state index contributed by atoms with van der Waals surface area (Å²) < 4.78 is 5.49. The zero-order chi connectivity index (χ0) is 14.7. The van der Waals surface area contributed by atoms with Crippen molar-refractivity contribution in [2.24, 2.45) is 5.92 Å². The zero-order valence-electron chi connectivity index (χ0n) is 12.6. The Morgan fingerprint density at radius 3 is 2.81 bits per heavy atom. The number of ether oxygens (including phenoxy) is 1. The van der Waals surface area contributed by atoms with Crippen LogP contribution in [0.4, 0.5) is 0 Å². The van der Waals surface area contributed by atoms with Crippen molar-refractivity contribution in [3.63, 3.8) is 0 Å². The summed E-state index contributed by atoms with van der Waals surface area (Å²) in [5.41, 5.74) is 2.66. The van der Waals surface area contributed by atoms with E-state index in [0.717, 1.165) is 12.3 Å². The molecule has 2 aromatic rings. The van der Waals surface area contributed by atoms with Crippen molar-refractivity contribution < 1.29 is 4.74 Å². The highest BCUT2D eigenvalue weighted by atomic mass is 16.5. The van der Waals surface area contributed by atoms with Crippen molar-refractivity contribution in [2.45, 2.75) is 25.3 Å². The minimum atomic E-state index is 0.332. The van der Waals surface area contributed by atoms with Crippen molar-refractivity contribution >= 4 is 0 Å². The van der Waals surface area contributed by atoms with Crippen molar-refractivity contribution in [1.82, 2.24) is 10.3 Å². The van der Waals surface area contributed by atoms with Crippen LogP contribution in [-0.2, 0) is 0 Å². The summed E-state index contributed by atoms with van der Waals surface area (Å²) in [5.74, 6) is 2.15. The normalized spacial score (nSPS) is 21.8. The third kappa shape index (κ3) is 2.93. The van der Waals surface area contributed by atoms with Crippen LogP contribution in [0.15, 0.2) is 48.8 Å². The lowest BCUT2D eigenvalue weighted by Crippen LogP contribution is -2.23. The summed E-state index contributed by atoms with van der Waals surface area (Å²) in [6.07, 6.45) is 4.88. The van der Waals surface area contributed by atoms with Gasteiger partial charge < -0.3 is 10.1 Å². The molecule has 1 heterocycles. The first-order valence-electron chi connectivity index (χ1n) is 7.61. The molecule has 0 aliphatic heterocycles. The van der Waals surface area contributed by atoms with Gasteiger partial charge in [0.05, 0.1) is 13.3 Å². The Morgan fingerprint density at radius 1 is 1.29 bits per heavy atom. The molecular weight excluding hydrogens is 260 g/mol. The monoisotopic (exact) mass is 282 g/mol. The fourth-order valence-corrected chi connectivity index (χ4v) is 3.20. The number of pyridine rings is 1. The molecular formula is C18H22N2O. The Labute approximate surface area is 126 Å². The van der Waals surface area contributed by atoms with Crippen LogP contribution in [0.1, 0.15) is 36.4 Å². The second-order valence-electron chi connectivity index (χ2n) is 5.57. The van der Waals surface area contributed by atoms with Crippen molar-refractivity contribution in [1.29, 1.82) is 0 Å². The van der Waals surface area contributed by atoms with Gasteiger partial charge in [-0.1, -0.05) is 37.3 Å². The third-order valence-electron chi connectivity index (χ3n) is 4.29. The van der Waals surface area contributed by atoms with Gasteiger partial charge in [-0.25, -0.2) is 0 Å². The lowest BCUT2D eigenvalue weighted by Gasteiger charge is -2.21. The van der Waals surface area contributed by atoms with Crippen LogP contribution in [0.3, 0.4) is 0 Å². The largest absolute Gasteiger partial charge is 0.495 e. The van der Waals surface area contributed by atoms with Gasteiger partial charge in [0, 0.05) is 17.8 Å². The number of hydrogen-bond donors (Lipinski definition) is 1. The molecule has 3 heteroatoms. The van der Waals surface area contributed by atoms with Crippen molar-refractivity contribution in [2.75, 3.05) is 13.7 Å². The van der Waals surface area contributed by atoms with Crippen LogP contribution in [0, 0.1) is 5.92 Å². The molecule has 1 fully saturated rings. The molecule has 3 rings (SSSR count). The second-order valence-corrected chi connectivity index (χ2v) is 5.57. The molecule has 0 spiro atoms. The van der Waals surface area contributed by atoms with Gasteiger partial charge in [-0.2, -0.15) is 0 Å². The molecule has 3 atom stereocenters. The number of rotatable bonds is 6. The van der Waals surface area contributed by atoms with E-state index in [9.17, 15) is 0 Å². The van der Waals surface area contributed by atoms with Gasteiger partial charge in [0.25, 0.3) is 0 Å². The summed E-state index contributed by atoms with van der Waals surface area (Å²) in [5, 5.41) is 3.63. The first kappa shape index (κ1) is 14.1. The number of aromatic nitrogens is 1. The van der Waals surface area contributed by atoms with Crippen LogP contribution in [0.5, 0.6) is 5.75 Å². The smallest absolute Gasteiger partial charge is 0.141 e. The Bertz CT molecular complexity index is 585. The van der Waals surface area contributed by atoms with Crippen LogP contribution >= 0.6 is 0 Å². The summed E-state index contributed by atoms with van der Waals surface area (Å²) in [7, 11) is 1.71. The quantitative estimate of drug-likeness (QED) is 0.880. The van der Waals surface area contributed by atoms with E-state index in [1.165, 1.54) is 17.5 Å². The SMILES string of the molecule is CCNC(c1ccncc1OC)C1CC1c1ccccc1. The maximum Gasteiger partial charge on any atom is 0.141 e. The summed E-state index contributed by atoms with van der Waals surface area (Å²) in [4.78, 5) is 4.16. The fourth-order valence-electron chi connectivity index (χ4n) is 3.20. The molecule has 3 nitrogen and oxygen atoms in total. The molecule has 110 valence electrons. The molecule has 1 aromatic heterocycles. The van der Waals surface area contributed by atoms with E-state index < -0.39 is 0 Å². The fraction of sp³-hybridized carbons (Fsp3) is 0.389. The lowest BCUT2D eigenvalue weighted by molar-refractivity contribution is 0.389. The minimum Gasteiger partial charge on any atom is -0.495 e. The van der Waals surface area contributed by atoms with Gasteiger partial charge in [-0.15, -0.1) is 0 Å². The van der Waals surface area contributed by atoms with E-state index >= 15 is 0 Å². The lowest BCUT2D eigenvalue weighted by atomic mass is 9.99. The molecule has 21 heavy (non-hydrogen) atoms. The maximum atomic E-state index is 5.49. The van der Waals surface area contributed by atoms with Gasteiger partial charge in [0.1, 0.15) is 5.75 Å². The number of nitrogens with one attached hydrogen (secondary N) is 1. The first-order chi connectivity index (χ1) is 10.3. The molecule has 3 unspecified atom stereocenters. The van der Waals surface area contributed by atoms with E-state index in [2.05, 4.69) is 53.6 Å². The van der Waals surface area contributed by atoms with Crippen LogP contribution in [0.2, 0.25) is 0 Å². The minimum absolute atomic E-state index is 0.332. The molecule has 1 saturated carbocycles. The Kier molecular flexibility index (Phi) is 4.20. The average Bonchev–Trinajstić information content (AvgIpc) is 3.34. The number of nitrogens with zero attached hydrogens (tertiary/aromatic N) is 1. The van der Waals surface area contributed by atoms with Gasteiger partial charge in [0.15, 0.2) is 0 Å². The number of hydrogen-bond acceptors (Lipinski definition) is 3. The molecule has 1 aliphatic rings. The highest BCUT2D eigenvalue weighted by Crippen LogP contribution is 2.54. The highest BCUT2D eigenvalue weighted by molar-refractivity contribution is 5.37. The number of benzene rings is 1. The Morgan fingerprint density at radius 2 is 2.10 bits per heavy atom. The summed E-state index contributed by atoms with van der Waals surface area (Å²) in [6.45, 7) is 3.11. The molecule has 0 bridgehead atoms. The standard InChI is InChI=1S/C18H22N2O/c1-3-20-18(14-9-10-19-12-17(14)21-2)16-11-15(16)13-7-5-4-6-8-13/h4-10,12,15-16,18,20H,3,11H2,1-2H3. The molecule has 1 aliphatic carbocycles. The highest BCUT2D eigenvalue weighted by Gasteiger charge is 2.44. The van der Waals surface area contributed by atoms with Crippen LogP contribution in [-0.4, -0.2) is 18.6 Å². The molecule has 0 saturated heterocycles. The topological polar surface area (TPSA) is 34.2 Å². The Balaban J connectivity index is 1.83. The summed E-state index contributed by atoms with van der Waals surface area (Å²) in [6, 6.07) is 13.2. The molecule has 1 aromatic carbocycles. The second kappa shape index (κ2) is 6.27. The van der Waals surface area contributed by atoms with Gasteiger partial charge >= 0.3 is 0 Å². The van der Waals surface area contributed by atoms with E-state index in [1.807, 2.05) is 6.20 Å². The predicted octanol–water partition coefficient (Wildman–Crippen LogP) is 3.54. The van der Waals surface area contributed by atoms with Crippen molar-refractivity contribution in [3.05, 3.63) is 59.9 Å². The van der Waals surface area contributed by atoms with E-state index in [0.29, 0.717) is 17.9 Å². The molecule has 1 N–H and O–H groups in total. The average molecular weight is 282 g/mol. The third-order valence-corrected chi connectivity index (χ3v) is 4.29. The molecule has 0 amide bonds. The van der Waals surface area contributed by atoms with Gasteiger partial charge in [-0.05, 0) is 36.4 Å². The first-order valence-corrected chi connectivity index (χ1v) is 7.61. The summed E-state index contributed by atoms with van der Waals surface area (Å²) >= 11 is 0. The molecule has 0 radical (unpaired) electrons. The number of methoxy groups -OCH3 is 1. The van der Waals surface area contributed by atoms with E-state index in [1.54, 1.807) is 13.3 Å². The predicted molar refractivity (Wildman–Crippen MR) is 84.5 cm³/mol. The van der Waals surface area contributed by atoms with Crippen LogP contribution in [0.25, 0.3) is 0 Å². The van der Waals surface area contributed by atoms with Gasteiger partial charge in [0.2, 0.25) is 0 Å². The van der Waals surface area contributed by atoms with Gasteiger partial charge in [-0.3, -0.25) is 4.98 Å². The zero-order valence-corrected chi connectivity index (χ0v) is 12.6. The van der Waals surface area contributed by atoms with E-state index in [4.69, 9.17) is 4.74 Å². The van der Waals surface area contributed by atoms with E-state index in [-0.39, 0.29) is 0 Å². The Hall–Kier alpha value is -1.87. The van der Waals surface area contributed by atoms with Crippen LogP contribution < -0.4 is 10.1 Å².